The molecule has 0 spiro atoms. The zero-order chi connectivity index (χ0) is 60.4. The normalized spacial score (nSPS) is 12.8. The van der Waals surface area contributed by atoms with Crippen molar-refractivity contribution in [1.29, 1.82) is 21.0 Å². The van der Waals surface area contributed by atoms with Gasteiger partial charge in [-0.1, -0.05) is 170 Å². The highest BCUT2D eigenvalue weighted by molar-refractivity contribution is 6.02. The average Bonchev–Trinajstić information content (AvgIpc) is 3.11. The third kappa shape index (κ3) is 10.6. The first kappa shape index (κ1) is 55.0. The van der Waals surface area contributed by atoms with Crippen LogP contribution in [0.5, 0.6) is 23.0 Å². The minimum atomic E-state index is -0.149. The van der Waals surface area contributed by atoms with Crippen molar-refractivity contribution in [3.05, 3.63) is 307 Å². The molecule has 0 unspecified atom stereocenters. The number of aromatic hydroxyl groups is 4. The number of nitriles is 4. The van der Waals surface area contributed by atoms with Crippen molar-refractivity contribution in [3.8, 4) is 47.3 Å². The van der Waals surface area contributed by atoms with E-state index in [9.17, 15) is 41.5 Å². The molecule has 0 aliphatic heterocycles. The Morgan fingerprint density at radius 2 is 0.443 bits per heavy atom. The summed E-state index contributed by atoms with van der Waals surface area (Å²) in [5.41, 5.74) is 8.89. The highest BCUT2D eigenvalue weighted by Crippen LogP contribution is 2.43. The minimum absolute atomic E-state index is 0.105. The Hall–Kier alpha value is -12.2. The van der Waals surface area contributed by atoms with Crippen LogP contribution in [0, 0.1) is 45.3 Å². The predicted octanol–water partition coefficient (Wildman–Crippen LogP) is 18.1. The molecule has 8 bridgehead atoms. The molecule has 1 aliphatic rings. The van der Waals surface area contributed by atoms with Gasteiger partial charge in [0.05, 0.1) is 46.6 Å². The molecule has 0 radical (unpaired) electrons. The highest BCUT2D eigenvalue weighted by Gasteiger charge is 2.25. The Morgan fingerprint density at radius 3 is 0.636 bits per heavy atom. The summed E-state index contributed by atoms with van der Waals surface area (Å²) in [6.45, 7) is 0. The molecule has 1 aliphatic carbocycles. The summed E-state index contributed by atoms with van der Waals surface area (Å²) < 4.78 is 0. The van der Waals surface area contributed by atoms with Gasteiger partial charge in [0.15, 0.2) is 0 Å². The lowest BCUT2D eigenvalue weighted by molar-refractivity contribution is 0.450. The van der Waals surface area contributed by atoms with Crippen LogP contribution in [0.2, 0.25) is 0 Å². The lowest BCUT2D eigenvalue weighted by Gasteiger charge is -2.20. The molecule has 4 N–H and O–H groups in total. The fourth-order valence-corrected chi connectivity index (χ4v) is 12.4. The number of nitrogens with zero attached hydrogens (tertiary/aromatic N) is 4. The minimum Gasteiger partial charge on any atom is -0.507 e. The monoisotopic (exact) mass is 1130 g/mol. The summed E-state index contributed by atoms with van der Waals surface area (Å²) in [4.78, 5) is 0. The second kappa shape index (κ2) is 23.5. The van der Waals surface area contributed by atoms with Gasteiger partial charge in [0, 0.05) is 25.7 Å². The number of hydrogen-bond donors (Lipinski definition) is 4. The number of phenolic OH excluding ortho intramolecular Hbond substituents is 4. The number of phenols is 4. The Balaban J connectivity index is 1.07. The second-order valence-corrected chi connectivity index (χ2v) is 22.2. The van der Waals surface area contributed by atoms with Crippen molar-refractivity contribution in [3.63, 3.8) is 0 Å². The van der Waals surface area contributed by atoms with Gasteiger partial charge in [0.25, 0.3) is 0 Å². The smallest absolute Gasteiger partial charge is 0.122 e. The summed E-state index contributed by atoms with van der Waals surface area (Å²) in [5.74, 6) is -0.596. The van der Waals surface area contributed by atoms with E-state index in [0.717, 1.165) is 65.3 Å². The molecule has 12 aromatic carbocycles. The van der Waals surface area contributed by atoms with E-state index in [4.69, 9.17) is 0 Å². The molecule has 0 fully saturated rings. The maximum absolute atomic E-state index is 12.8. The van der Waals surface area contributed by atoms with Crippen LogP contribution in [0.15, 0.2) is 218 Å². The number of allylic oxidation sites excluding steroid dienone is 4. The van der Waals surface area contributed by atoms with Crippen molar-refractivity contribution >= 4 is 89.7 Å². The molecule has 8 heteroatoms. The van der Waals surface area contributed by atoms with Crippen LogP contribution in [0.3, 0.4) is 0 Å². The van der Waals surface area contributed by atoms with Gasteiger partial charge in [0.1, 0.15) is 23.0 Å². The van der Waals surface area contributed by atoms with E-state index < -0.39 is 0 Å². The van der Waals surface area contributed by atoms with Crippen LogP contribution in [-0.2, 0) is 25.7 Å². The molecule has 0 atom stereocenters. The lowest BCUT2D eigenvalue weighted by Crippen LogP contribution is -2.04. The van der Waals surface area contributed by atoms with E-state index in [1.165, 1.54) is 0 Å². The lowest BCUT2D eigenvalue weighted by atomic mass is 9.86. The van der Waals surface area contributed by atoms with Crippen LogP contribution in [0.4, 0.5) is 0 Å². The third-order valence-corrected chi connectivity index (χ3v) is 16.8. The zero-order valence-electron chi connectivity index (χ0n) is 47.5. The quantitative estimate of drug-likeness (QED) is 0.0858. The Morgan fingerprint density at radius 1 is 0.261 bits per heavy atom. The fraction of sp³-hybridized carbons (Fsp3) is 0.0500. The standard InChI is InChI=1S/C80H52N4O4/c81-45-69(29-53-21-9-17-49-13-1-5-25-73(49)53)57-33-61-41-63-35-58(70(46-82)30-54-22-10-18-50-14-2-6-26-74(50)54)37-65(78(63)86)43-67-39-60(72(48-84)32-56-24-12-20-52-16-4-8-28-76(52)56)40-68(80(67)88)44-66-38-59(36-64(79(66)87)42-62(34-57)77(61)85)71(47-83)31-55-23-11-19-51-15-3-7-27-75(51)55/h1-40,85-88H,41-44H2/b69-29+,70-30+,71-31+,72-32+. The number of hydrogen-bond acceptors (Lipinski definition) is 8. The molecule has 0 heterocycles. The Labute approximate surface area is 508 Å². The van der Waals surface area contributed by atoms with Gasteiger partial charge in [-0.15, -0.1) is 0 Å². The van der Waals surface area contributed by atoms with Gasteiger partial charge in [-0.2, -0.15) is 21.0 Å². The molecule has 8 nitrogen and oxygen atoms in total. The van der Waals surface area contributed by atoms with Crippen LogP contribution < -0.4 is 0 Å². The molecule has 12 aromatic rings. The number of benzene rings is 12. The maximum Gasteiger partial charge on any atom is 0.122 e. The van der Waals surface area contributed by atoms with Crippen LogP contribution in [0.25, 0.3) is 89.7 Å². The highest BCUT2D eigenvalue weighted by atomic mass is 16.3. The summed E-state index contributed by atoms with van der Waals surface area (Å²) in [5, 5.41) is 103. The summed E-state index contributed by atoms with van der Waals surface area (Å²) in [6.07, 6.45) is 6.85. The van der Waals surface area contributed by atoms with Crippen molar-refractivity contribution < 1.29 is 20.4 Å². The zero-order valence-corrected chi connectivity index (χ0v) is 47.5. The van der Waals surface area contributed by atoms with Crippen molar-refractivity contribution in [2.45, 2.75) is 25.7 Å². The van der Waals surface area contributed by atoms with Crippen molar-refractivity contribution in [2.24, 2.45) is 0 Å². The maximum atomic E-state index is 12.8. The molecular formula is C80H52N4O4. The van der Waals surface area contributed by atoms with Gasteiger partial charge >= 0.3 is 0 Å². The van der Waals surface area contributed by atoms with Crippen LogP contribution in [0.1, 0.15) is 89.0 Å². The third-order valence-electron chi connectivity index (χ3n) is 16.8. The molecule has 0 saturated carbocycles. The number of rotatable bonds is 8. The Bertz CT molecular complexity index is 4440. The SMILES string of the molecule is N#C/C(=C\c1cccc2ccccc12)c1cc2c(O)c(c1)Cc1cc(/C(C#N)=C/c3cccc4ccccc34)cc(c1O)Cc1cc(/C(C#N)=C/c3cccc4ccccc34)cc(c1O)Cc1cc(/C(C#N)=C/c3cccc4ccccc34)cc(c1O)C2. The Kier molecular flexibility index (Phi) is 14.7. The van der Waals surface area contributed by atoms with Gasteiger partial charge in [0.2, 0.25) is 0 Å². The van der Waals surface area contributed by atoms with E-state index in [-0.39, 0.29) is 71.0 Å². The van der Waals surface area contributed by atoms with Gasteiger partial charge in [-0.3, -0.25) is 0 Å². The van der Waals surface area contributed by atoms with Crippen molar-refractivity contribution in [1.82, 2.24) is 0 Å². The molecule has 416 valence electrons. The second-order valence-electron chi connectivity index (χ2n) is 22.2. The van der Waals surface area contributed by atoms with E-state index in [2.05, 4.69) is 24.3 Å². The largest absolute Gasteiger partial charge is 0.507 e. The molecule has 0 amide bonds. The van der Waals surface area contributed by atoms with E-state index in [1.54, 1.807) is 48.5 Å². The predicted molar refractivity (Wildman–Crippen MR) is 353 cm³/mol. The van der Waals surface area contributed by atoms with Gasteiger partial charge < -0.3 is 20.4 Å². The van der Waals surface area contributed by atoms with Gasteiger partial charge in [-0.25, -0.2) is 0 Å². The first-order chi connectivity index (χ1) is 43.0. The molecule has 13 rings (SSSR count). The van der Waals surface area contributed by atoms with Gasteiger partial charge in [-0.05, 0) is 205 Å². The van der Waals surface area contributed by atoms with Crippen molar-refractivity contribution in [2.75, 3.05) is 0 Å². The average molecular weight is 1130 g/mol. The molecule has 0 saturated heterocycles. The van der Waals surface area contributed by atoms with E-state index in [0.29, 0.717) is 66.8 Å². The molecule has 0 aromatic heterocycles. The number of fused-ring (bicyclic) bond motifs is 12. The van der Waals surface area contributed by atoms with Crippen LogP contribution in [-0.4, -0.2) is 20.4 Å². The summed E-state index contributed by atoms with van der Waals surface area (Å²) in [7, 11) is 0. The summed E-state index contributed by atoms with van der Waals surface area (Å²) >= 11 is 0. The van der Waals surface area contributed by atoms with E-state index in [1.807, 2.05) is 194 Å². The topological polar surface area (TPSA) is 176 Å². The van der Waals surface area contributed by atoms with E-state index >= 15 is 0 Å². The molecule has 88 heavy (non-hydrogen) atoms. The first-order valence-corrected chi connectivity index (χ1v) is 28.8. The summed E-state index contributed by atoms with van der Waals surface area (Å²) in [6, 6.07) is 78.8. The molecular weight excluding hydrogens is 1080 g/mol. The fourth-order valence-electron chi connectivity index (χ4n) is 12.4. The first-order valence-electron chi connectivity index (χ1n) is 28.8. The van der Waals surface area contributed by atoms with Crippen LogP contribution >= 0.6 is 0 Å².